The first-order valence-corrected chi connectivity index (χ1v) is 2.58. The third-order valence-corrected chi connectivity index (χ3v) is 0.855. The van der Waals surface area contributed by atoms with E-state index in [2.05, 4.69) is 22.3 Å². The Kier molecular flexibility index (Phi) is 5.05. The molecule has 8 heavy (non-hydrogen) atoms. The van der Waals surface area contributed by atoms with Crippen molar-refractivity contribution in [2.45, 2.75) is 6.42 Å². The number of nitrogens with zero attached hydrogens (tertiary/aromatic N) is 1. The van der Waals surface area contributed by atoms with Gasteiger partial charge in [-0.05, 0) is 0 Å². The van der Waals surface area contributed by atoms with E-state index in [0.29, 0.717) is 13.0 Å². The Labute approximate surface area is 53.9 Å². The van der Waals surface area contributed by atoms with E-state index in [9.17, 15) is 4.79 Å². The fourth-order valence-corrected chi connectivity index (χ4v) is 0.339. The Bertz CT molecular complexity index is 76.4. The van der Waals surface area contributed by atoms with Crippen LogP contribution < -0.4 is 4.72 Å². The molecule has 0 saturated heterocycles. The Balaban J connectivity index is 2.99. The van der Waals surface area contributed by atoms with Crippen molar-refractivity contribution in [3.8, 4) is 0 Å². The number of thiol groups is 1. The van der Waals surface area contributed by atoms with Crippen molar-refractivity contribution in [1.29, 1.82) is 0 Å². The first-order valence-electron chi connectivity index (χ1n) is 2.18. The summed E-state index contributed by atoms with van der Waals surface area (Å²) >= 11 is 3.41. The average Bonchev–Trinajstić information content (AvgIpc) is 1.83. The van der Waals surface area contributed by atoms with Gasteiger partial charge in [-0.2, -0.15) is 0 Å². The van der Waals surface area contributed by atoms with E-state index in [4.69, 9.17) is 0 Å². The van der Waals surface area contributed by atoms with Crippen LogP contribution in [0, 0.1) is 0 Å². The highest BCUT2D eigenvalue weighted by molar-refractivity contribution is 7.78. The number of methoxy groups -OCH3 is 1. The minimum absolute atomic E-state index is 0.241. The van der Waals surface area contributed by atoms with E-state index in [1.165, 1.54) is 7.11 Å². The standard InChI is InChI=1S/C4H8NO2S/c1-7-3-2-4(6)5-8/h8H,2-3H2,1H3/q+1. The second kappa shape index (κ2) is 5.08. The number of rotatable bonds is 3. The van der Waals surface area contributed by atoms with Gasteiger partial charge in [0.2, 0.25) is 4.72 Å². The SMILES string of the molecule is COCCC(=O)[N+]S. The van der Waals surface area contributed by atoms with Gasteiger partial charge in [0.05, 0.1) is 13.0 Å². The molecule has 46 valence electrons. The van der Waals surface area contributed by atoms with Crippen LogP contribution in [0.25, 0.3) is 0 Å². The quantitative estimate of drug-likeness (QED) is 0.552. The molecule has 1 amide bonds. The number of hydrogen-bond acceptors (Lipinski definition) is 3. The van der Waals surface area contributed by atoms with Gasteiger partial charge in [-0.1, -0.05) is 0 Å². The summed E-state index contributed by atoms with van der Waals surface area (Å²) in [6.07, 6.45) is 0.319. The molecule has 0 N–H and O–H groups in total. The molecule has 0 fully saturated rings. The highest BCUT2D eigenvalue weighted by atomic mass is 32.1. The lowest BCUT2D eigenvalue weighted by Gasteiger charge is -1.85. The van der Waals surface area contributed by atoms with Gasteiger partial charge in [0.25, 0.3) is 0 Å². The molecule has 0 aliphatic heterocycles. The van der Waals surface area contributed by atoms with E-state index in [-0.39, 0.29) is 5.91 Å². The van der Waals surface area contributed by atoms with Crippen molar-refractivity contribution in [2.75, 3.05) is 13.7 Å². The van der Waals surface area contributed by atoms with Crippen LogP contribution in [0.3, 0.4) is 0 Å². The van der Waals surface area contributed by atoms with Crippen LogP contribution in [0.5, 0.6) is 0 Å². The van der Waals surface area contributed by atoms with Gasteiger partial charge in [0.15, 0.2) is 12.8 Å². The molecule has 0 aromatic rings. The molecular weight excluding hydrogens is 126 g/mol. The lowest BCUT2D eigenvalue weighted by atomic mass is 10.4. The van der Waals surface area contributed by atoms with Gasteiger partial charge < -0.3 is 4.74 Å². The van der Waals surface area contributed by atoms with Crippen LogP contribution in [0.15, 0.2) is 0 Å². The minimum atomic E-state index is -0.241. The molecule has 0 spiro atoms. The molecule has 3 nitrogen and oxygen atoms in total. The Morgan fingerprint density at radius 2 is 2.50 bits per heavy atom. The second-order valence-electron chi connectivity index (χ2n) is 1.24. The number of amides is 1. The zero-order valence-corrected chi connectivity index (χ0v) is 5.52. The smallest absolute Gasteiger partial charge is 0.384 e. The summed E-state index contributed by atoms with van der Waals surface area (Å²) < 4.78 is 7.70. The van der Waals surface area contributed by atoms with E-state index >= 15 is 0 Å². The molecule has 0 rings (SSSR count). The molecule has 4 heteroatoms. The second-order valence-corrected chi connectivity index (χ2v) is 1.44. The Hall–Kier alpha value is -0.0600. The summed E-state index contributed by atoms with van der Waals surface area (Å²) in [5.41, 5.74) is 0. The van der Waals surface area contributed by atoms with Crippen LogP contribution in [0.4, 0.5) is 0 Å². The molecule has 0 aromatic heterocycles. The molecule has 0 atom stereocenters. The summed E-state index contributed by atoms with van der Waals surface area (Å²) in [5.74, 6) is -0.241. The summed E-state index contributed by atoms with van der Waals surface area (Å²) in [7, 11) is 1.53. The van der Waals surface area contributed by atoms with Gasteiger partial charge in [0, 0.05) is 7.11 Å². The average molecular weight is 134 g/mol. The van der Waals surface area contributed by atoms with E-state index < -0.39 is 0 Å². The van der Waals surface area contributed by atoms with Crippen molar-refractivity contribution in [2.24, 2.45) is 0 Å². The summed E-state index contributed by atoms with van der Waals surface area (Å²) in [6, 6.07) is 0. The Morgan fingerprint density at radius 1 is 1.88 bits per heavy atom. The summed E-state index contributed by atoms with van der Waals surface area (Å²) in [5, 5.41) is 0. The van der Waals surface area contributed by atoms with Gasteiger partial charge >= 0.3 is 5.91 Å². The Morgan fingerprint density at radius 3 is 2.88 bits per heavy atom. The van der Waals surface area contributed by atoms with Gasteiger partial charge in [-0.3, -0.25) is 0 Å². The first kappa shape index (κ1) is 7.94. The molecule has 0 heterocycles. The third-order valence-electron chi connectivity index (χ3n) is 0.632. The number of hydrogen-bond donors (Lipinski definition) is 1. The molecule has 0 aliphatic rings. The zero-order valence-electron chi connectivity index (χ0n) is 4.63. The normalized spacial score (nSPS) is 9.25. The maximum atomic E-state index is 10.2. The molecule has 2 radical (unpaired) electrons. The van der Waals surface area contributed by atoms with Crippen LogP contribution in [-0.2, 0) is 9.53 Å². The van der Waals surface area contributed by atoms with Crippen LogP contribution in [0.2, 0.25) is 0 Å². The molecule has 0 saturated carbocycles. The third kappa shape index (κ3) is 4.11. The highest BCUT2D eigenvalue weighted by Crippen LogP contribution is 1.81. The van der Waals surface area contributed by atoms with Crippen LogP contribution >= 0.6 is 12.8 Å². The first-order chi connectivity index (χ1) is 3.81. The fraction of sp³-hybridized carbons (Fsp3) is 0.750. The maximum Gasteiger partial charge on any atom is 0.439 e. The predicted molar refractivity (Wildman–Crippen MR) is 32.6 cm³/mol. The molecule has 0 aromatic carbocycles. The number of carbonyl (C=O) groups is 1. The van der Waals surface area contributed by atoms with E-state index in [1.807, 2.05) is 0 Å². The van der Waals surface area contributed by atoms with Crippen molar-refractivity contribution < 1.29 is 9.53 Å². The largest absolute Gasteiger partial charge is 0.439 e. The minimum Gasteiger partial charge on any atom is -0.384 e. The predicted octanol–water partition coefficient (Wildman–Crippen LogP) is -0.00130. The van der Waals surface area contributed by atoms with E-state index in [1.54, 1.807) is 0 Å². The summed E-state index contributed by atoms with van der Waals surface area (Å²) in [4.78, 5) is 10.2. The number of ether oxygens (including phenoxy) is 1. The zero-order chi connectivity index (χ0) is 6.41. The van der Waals surface area contributed by atoms with Crippen LogP contribution in [0.1, 0.15) is 6.42 Å². The van der Waals surface area contributed by atoms with E-state index in [0.717, 1.165) is 0 Å². The maximum absolute atomic E-state index is 10.2. The molecular formula is C4H8NO2S+. The highest BCUT2D eigenvalue weighted by Gasteiger charge is 2.12. The monoisotopic (exact) mass is 134 g/mol. The van der Waals surface area contributed by atoms with Crippen molar-refractivity contribution in [3.63, 3.8) is 0 Å². The van der Waals surface area contributed by atoms with Gasteiger partial charge in [0.1, 0.15) is 0 Å². The summed E-state index contributed by atoms with van der Waals surface area (Å²) in [6.45, 7) is 0.420. The van der Waals surface area contributed by atoms with Crippen LogP contribution in [-0.4, -0.2) is 19.6 Å². The lowest BCUT2D eigenvalue weighted by Crippen LogP contribution is -2.07. The topological polar surface area (TPSA) is 40.4 Å². The fourth-order valence-electron chi connectivity index (χ4n) is 0.239. The van der Waals surface area contributed by atoms with Gasteiger partial charge in [-0.25, -0.2) is 4.79 Å². The van der Waals surface area contributed by atoms with Crippen molar-refractivity contribution in [1.82, 2.24) is 4.72 Å². The molecule has 0 bridgehead atoms. The number of carbonyl (C=O) groups excluding carboxylic acids is 1. The molecule has 0 unspecified atom stereocenters. The van der Waals surface area contributed by atoms with Gasteiger partial charge in [-0.15, -0.1) is 0 Å². The van der Waals surface area contributed by atoms with Crippen molar-refractivity contribution >= 4 is 18.7 Å². The van der Waals surface area contributed by atoms with Crippen molar-refractivity contribution in [3.05, 3.63) is 0 Å². The molecule has 0 aliphatic carbocycles. The lowest BCUT2D eigenvalue weighted by molar-refractivity contribution is -0.120.